The highest BCUT2D eigenvalue weighted by molar-refractivity contribution is 9.11. The van der Waals surface area contributed by atoms with Crippen molar-refractivity contribution in [1.29, 1.82) is 0 Å². The minimum Gasteiger partial charge on any atom is -0.400 e. The summed E-state index contributed by atoms with van der Waals surface area (Å²) in [7, 11) is 0. The number of halogens is 3. The molecule has 13 heavy (non-hydrogen) atoms. The van der Waals surface area contributed by atoms with Crippen LogP contribution in [0.2, 0.25) is 0 Å². The molecule has 5 heteroatoms. The topological polar surface area (TPSA) is 18.5 Å². The first-order chi connectivity index (χ1) is 5.91. The molecule has 0 amide bonds. The minimum atomic E-state index is -3.54. The van der Waals surface area contributed by atoms with Crippen LogP contribution < -0.4 is 0 Å². The zero-order chi connectivity index (χ0) is 10.1. The van der Waals surface area contributed by atoms with Crippen LogP contribution in [-0.2, 0) is 9.47 Å². The zero-order valence-corrected chi connectivity index (χ0v) is 8.40. The predicted molar refractivity (Wildman–Crippen MR) is 47.0 cm³/mol. The molecule has 1 rings (SSSR count). The highest BCUT2D eigenvalue weighted by Crippen LogP contribution is 2.33. The van der Waals surface area contributed by atoms with Crippen LogP contribution in [0.15, 0.2) is 34.7 Å². The largest absolute Gasteiger partial charge is 0.585 e. The molecule has 0 unspecified atom stereocenters. The van der Waals surface area contributed by atoms with Crippen molar-refractivity contribution in [2.24, 2.45) is 0 Å². The number of hydrogen-bond donors (Lipinski definition) is 0. The van der Waals surface area contributed by atoms with Gasteiger partial charge < -0.3 is 9.47 Å². The monoisotopic (exact) mass is 252 g/mol. The van der Waals surface area contributed by atoms with Gasteiger partial charge in [0, 0.05) is 4.48 Å². The molecule has 0 saturated carbocycles. The molecule has 0 aromatic heterocycles. The van der Waals surface area contributed by atoms with E-state index in [1.807, 2.05) is 0 Å². The fourth-order valence-corrected chi connectivity index (χ4v) is 0.899. The van der Waals surface area contributed by atoms with Gasteiger partial charge in [-0.05, 0) is 19.1 Å². The Balaban J connectivity index is 2.72. The molecule has 0 atom stereocenters. The van der Waals surface area contributed by atoms with Crippen LogP contribution in [0.3, 0.4) is 0 Å². The standard InChI is InChI=1S/C8H7BrF2O2/c1-5(9)3-4-7-6(2)12-8(10,11)13-7/h3-4H,1H2,2H3/b4-3-. The normalized spacial score (nSPS) is 20.3. The number of ether oxygens (including phenoxy) is 2. The van der Waals surface area contributed by atoms with Gasteiger partial charge in [-0.1, -0.05) is 22.5 Å². The molecule has 2 nitrogen and oxygen atoms in total. The summed E-state index contributed by atoms with van der Waals surface area (Å²) < 4.78 is 33.7. The average Bonchev–Trinajstić information content (AvgIpc) is 2.20. The Hall–Kier alpha value is -0.840. The SMILES string of the molecule is C=C(Br)/C=C\C1=C(C)OC(F)(F)O1. The lowest BCUT2D eigenvalue weighted by atomic mass is 10.4. The van der Waals surface area contributed by atoms with Gasteiger partial charge in [0.05, 0.1) is 0 Å². The molecule has 0 fully saturated rings. The number of rotatable bonds is 2. The third-order valence-corrected chi connectivity index (χ3v) is 1.53. The minimum absolute atomic E-state index is 0.00519. The van der Waals surface area contributed by atoms with Crippen molar-refractivity contribution in [1.82, 2.24) is 0 Å². The highest BCUT2D eigenvalue weighted by Gasteiger charge is 2.42. The maximum atomic E-state index is 12.4. The maximum Gasteiger partial charge on any atom is 0.585 e. The summed E-state index contributed by atoms with van der Waals surface area (Å²) in [6.45, 7) is 4.90. The van der Waals surface area contributed by atoms with Crippen molar-refractivity contribution >= 4 is 15.9 Å². The summed E-state index contributed by atoms with van der Waals surface area (Å²) in [5.41, 5.74) is 0. The average molecular weight is 253 g/mol. The van der Waals surface area contributed by atoms with E-state index in [0.29, 0.717) is 4.48 Å². The third kappa shape index (κ3) is 2.84. The smallest absolute Gasteiger partial charge is 0.400 e. The van der Waals surface area contributed by atoms with E-state index in [4.69, 9.17) is 0 Å². The second-order valence-corrected chi connectivity index (χ2v) is 3.39. The van der Waals surface area contributed by atoms with Crippen molar-refractivity contribution in [2.75, 3.05) is 0 Å². The molecular formula is C8H7BrF2O2. The molecule has 0 radical (unpaired) electrons. The maximum absolute atomic E-state index is 12.4. The molecule has 0 aromatic rings. The van der Waals surface area contributed by atoms with Gasteiger partial charge in [0.25, 0.3) is 0 Å². The fourth-order valence-electron chi connectivity index (χ4n) is 0.767. The highest BCUT2D eigenvalue weighted by atomic mass is 79.9. The second kappa shape index (κ2) is 3.49. The van der Waals surface area contributed by atoms with Crippen LogP contribution in [0.1, 0.15) is 6.92 Å². The first kappa shape index (κ1) is 10.2. The molecule has 1 heterocycles. The number of allylic oxidation sites excluding steroid dienone is 4. The van der Waals surface area contributed by atoms with Crippen LogP contribution in [-0.4, -0.2) is 6.29 Å². The third-order valence-electron chi connectivity index (χ3n) is 1.26. The van der Waals surface area contributed by atoms with E-state index in [-0.39, 0.29) is 11.5 Å². The fraction of sp³-hybridized carbons (Fsp3) is 0.250. The van der Waals surface area contributed by atoms with Crippen molar-refractivity contribution in [2.45, 2.75) is 13.2 Å². The van der Waals surface area contributed by atoms with Crippen molar-refractivity contribution in [3.8, 4) is 0 Å². The summed E-state index contributed by atoms with van der Waals surface area (Å²) >= 11 is 3.04. The summed E-state index contributed by atoms with van der Waals surface area (Å²) in [4.78, 5) is 0. The van der Waals surface area contributed by atoms with Crippen molar-refractivity contribution < 1.29 is 18.3 Å². The molecule has 0 aromatic carbocycles. The molecule has 0 bridgehead atoms. The Kier molecular flexibility index (Phi) is 2.75. The van der Waals surface area contributed by atoms with Crippen LogP contribution in [0.25, 0.3) is 0 Å². The van der Waals surface area contributed by atoms with Crippen molar-refractivity contribution in [3.63, 3.8) is 0 Å². The van der Waals surface area contributed by atoms with Crippen molar-refractivity contribution in [3.05, 3.63) is 34.7 Å². The molecule has 1 aliphatic heterocycles. The van der Waals surface area contributed by atoms with E-state index >= 15 is 0 Å². The van der Waals surface area contributed by atoms with Crippen LogP contribution in [0.4, 0.5) is 8.78 Å². The second-order valence-electron chi connectivity index (χ2n) is 2.37. The van der Waals surface area contributed by atoms with E-state index in [9.17, 15) is 8.78 Å². The van der Waals surface area contributed by atoms with Gasteiger partial charge in [0.1, 0.15) is 5.76 Å². The molecular weight excluding hydrogens is 246 g/mol. The van der Waals surface area contributed by atoms with Gasteiger partial charge in [-0.2, -0.15) is 0 Å². The first-order valence-corrected chi connectivity index (χ1v) is 4.19. The van der Waals surface area contributed by atoms with Crippen LogP contribution >= 0.6 is 15.9 Å². The van der Waals surface area contributed by atoms with E-state index in [2.05, 4.69) is 32.0 Å². The molecule has 0 saturated heterocycles. The molecule has 72 valence electrons. The van der Waals surface area contributed by atoms with E-state index in [0.717, 1.165) is 0 Å². The number of alkyl halides is 2. The van der Waals surface area contributed by atoms with E-state index < -0.39 is 6.29 Å². The first-order valence-electron chi connectivity index (χ1n) is 3.40. The zero-order valence-electron chi connectivity index (χ0n) is 6.81. The van der Waals surface area contributed by atoms with Gasteiger partial charge in [0.15, 0.2) is 5.76 Å². The van der Waals surface area contributed by atoms with Gasteiger partial charge >= 0.3 is 6.29 Å². The molecule has 0 aliphatic carbocycles. The summed E-state index contributed by atoms with van der Waals surface area (Å²) in [5, 5.41) is 0. The lowest BCUT2D eigenvalue weighted by Gasteiger charge is -2.06. The van der Waals surface area contributed by atoms with Gasteiger partial charge in [-0.25, -0.2) is 0 Å². The Morgan fingerprint density at radius 3 is 2.54 bits per heavy atom. The van der Waals surface area contributed by atoms with Crippen LogP contribution in [0.5, 0.6) is 0 Å². The summed E-state index contributed by atoms with van der Waals surface area (Å²) in [6.07, 6.45) is -0.700. The lowest BCUT2D eigenvalue weighted by Crippen LogP contribution is -2.16. The van der Waals surface area contributed by atoms with Gasteiger partial charge in [0.2, 0.25) is 0 Å². The Bertz CT molecular complexity index is 295. The predicted octanol–water partition coefficient (Wildman–Crippen LogP) is 3.28. The van der Waals surface area contributed by atoms with E-state index in [1.54, 1.807) is 0 Å². The molecule has 1 aliphatic rings. The van der Waals surface area contributed by atoms with E-state index in [1.165, 1.54) is 19.1 Å². The quantitative estimate of drug-likeness (QED) is 0.703. The Labute approximate surface area is 82.6 Å². The molecule has 0 N–H and O–H groups in total. The lowest BCUT2D eigenvalue weighted by molar-refractivity contribution is -0.336. The number of hydrogen-bond acceptors (Lipinski definition) is 2. The van der Waals surface area contributed by atoms with Gasteiger partial charge in [-0.3, -0.25) is 0 Å². The molecule has 0 spiro atoms. The Morgan fingerprint density at radius 2 is 2.15 bits per heavy atom. The van der Waals surface area contributed by atoms with Gasteiger partial charge in [-0.15, -0.1) is 8.78 Å². The Morgan fingerprint density at radius 1 is 1.54 bits per heavy atom. The summed E-state index contributed by atoms with van der Waals surface area (Å²) in [5.74, 6) is 0.0561. The summed E-state index contributed by atoms with van der Waals surface area (Å²) in [6, 6.07) is 0. The van der Waals surface area contributed by atoms with Crippen LogP contribution in [0, 0.1) is 0 Å².